The van der Waals surface area contributed by atoms with Crippen LogP contribution < -0.4 is 0 Å². The fraction of sp³-hybridized carbons (Fsp3) is 0. The topological polar surface area (TPSA) is 77.3 Å². The summed E-state index contributed by atoms with van der Waals surface area (Å²) in [6, 6.07) is 37.7. The highest BCUT2D eigenvalue weighted by Gasteiger charge is 2.13. The Morgan fingerprint density at radius 3 is 1.19 bits per heavy atom. The molecule has 0 aliphatic carbocycles. The number of hydrogen-bond donors (Lipinski definition) is 0. The van der Waals surface area contributed by atoms with E-state index >= 15 is 0 Å². The van der Waals surface area contributed by atoms with Crippen LogP contribution in [0, 0.1) is 5.82 Å². The van der Waals surface area contributed by atoms with Crippen molar-refractivity contribution in [2.24, 2.45) is 0 Å². The number of nitrogens with zero attached hydrogens (tertiary/aromatic N) is 6. The Bertz CT molecular complexity index is 2050. The Morgan fingerprint density at radius 2 is 0.721 bits per heavy atom. The summed E-state index contributed by atoms with van der Waals surface area (Å²) < 4.78 is 14.3. The number of rotatable bonds is 6. The first kappa shape index (κ1) is 26.0. The summed E-state index contributed by atoms with van der Waals surface area (Å²) in [5, 5.41) is 0. The van der Waals surface area contributed by atoms with Crippen molar-refractivity contribution in [3.05, 3.63) is 146 Å². The van der Waals surface area contributed by atoms with Crippen molar-refractivity contribution in [2.45, 2.75) is 0 Å². The molecule has 6 heterocycles. The molecule has 0 saturated carbocycles. The Morgan fingerprint density at radius 1 is 0.326 bits per heavy atom. The molecule has 0 saturated heterocycles. The van der Waals surface area contributed by atoms with Crippen molar-refractivity contribution in [3.8, 4) is 67.9 Å². The van der Waals surface area contributed by atoms with Crippen molar-refractivity contribution in [1.82, 2.24) is 29.9 Å². The van der Waals surface area contributed by atoms with E-state index in [0.717, 1.165) is 62.2 Å². The Balaban J connectivity index is 1.34. The van der Waals surface area contributed by atoms with Crippen molar-refractivity contribution < 1.29 is 4.39 Å². The second-order valence-corrected chi connectivity index (χ2v) is 9.81. The first-order valence-electron chi connectivity index (χ1n) is 13.7. The largest absolute Gasteiger partial charge is 0.256 e. The normalized spacial score (nSPS) is 10.9. The number of benzene rings is 1. The lowest BCUT2D eigenvalue weighted by Crippen LogP contribution is -1.95. The summed E-state index contributed by atoms with van der Waals surface area (Å²) in [6.45, 7) is 0. The fourth-order valence-electron chi connectivity index (χ4n) is 4.86. The third-order valence-electron chi connectivity index (χ3n) is 6.91. The summed E-state index contributed by atoms with van der Waals surface area (Å²) in [5.74, 6) is -0.355. The quantitative estimate of drug-likeness (QED) is 0.205. The van der Waals surface area contributed by atoms with Gasteiger partial charge in [0, 0.05) is 41.3 Å². The van der Waals surface area contributed by atoms with E-state index in [-0.39, 0.29) is 5.82 Å². The van der Waals surface area contributed by atoms with E-state index in [1.165, 1.54) is 18.3 Å². The van der Waals surface area contributed by atoms with Crippen LogP contribution in [0.25, 0.3) is 67.9 Å². The van der Waals surface area contributed by atoms with Gasteiger partial charge in [-0.25, -0.2) is 19.3 Å². The van der Waals surface area contributed by atoms with E-state index in [4.69, 9.17) is 15.0 Å². The second-order valence-electron chi connectivity index (χ2n) is 9.81. The van der Waals surface area contributed by atoms with Crippen LogP contribution >= 0.6 is 0 Å². The highest BCUT2D eigenvalue weighted by molar-refractivity contribution is 5.79. The minimum Gasteiger partial charge on any atom is -0.256 e. The molecule has 7 heteroatoms. The van der Waals surface area contributed by atoms with Gasteiger partial charge in [-0.05, 0) is 84.9 Å². The molecule has 0 aliphatic heterocycles. The van der Waals surface area contributed by atoms with Gasteiger partial charge in [0.15, 0.2) is 0 Å². The molecule has 43 heavy (non-hydrogen) atoms. The van der Waals surface area contributed by atoms with Crippen LogP contribution in [-0.4, -0.2) is 29.9 Å². The van der Waals surface area contributed by atoms with Gasteiger partial charge in [-0.3, -0.25) is 15.0 Å². The third-order valence-corrected chi connectivity index (χ3v) is 6.91. The third kappa shape index (κ3) is 5.64. The van der Waals surface area contributed by atoms with Gasteiger partial charge in [0.25, 0.3) is 0 Å². The molecule has 0 unspecified atom stereocenters. The van der Waals surface area contributed by atoms with Gasteiger partial charge in [-0.2, -0.15) is 0 Å². The predicted molar refractivity (Wildman–Crippen MR) is 166 cm³/mol. The van der Waals surface area contributed by atoms with Crippen LogP contribution in [-0.2, 0) is 0 Å². The molecule has 0 atom stereocenters. The van der Waals surface area contributed by atoms with Crippen LogP contribution in [0.2, 0.25) is 0 Å². The highest BCUT2D eigenvalue weighted by Crippen LogP contribution is 2.33. The van der Waals surface area contributed by atoms with Gasteiger partial charge in [0.2, 0.25) is 0 Å². The van der Waals surface area contributed by atoms with Crippen LogP contribution in [0.15, 0.2) is 140 Å². The molecule has 204 valence electrons. The molecule has 6 aromatic heterocycles. The lowest BCUT2D eigenvalue weighted by atomic mass is 9.98. The van der Waals surface area contributed by atoms with Gasteiger partial charge in [-0.1, -0.05) is 30.3 Å². The zero-order chi connectivity index (χ0) is 29.0. The Hall–Kier alpha value is -5.95. The molecular formula is C36H23FN6. The first-order valence-corrected chi connectivity index (χ1v) is 13.7. The summed E-state index contributed by atoms with van der Waals surface area (Å²) in [5.41, 5.74) is 9.00. The molecule has 0 aliphatic rings. The molecule has 0 radical (unpaired) electrons. The summed E-state index contributed by atoms with van der Waals surface area (Å²) in [6.07, 6.45) is 4.97. The van der Waals surface area contributed by atoms with Crippen molar-refractivity contribution >= 4 is 0 Å². The van der Waals surface area contributed by atoms with E-state index in [0.29, 0.717) is 5.69 Å². The first-order chi connectivity index (χ1) is 21.2. The highest BCUT2D eigenvalue weighted by atomic mass is 19.1. The van der Waals surface area contributed by atoms with E-state index in [1.54, 1.807) is 12.4 Å². The van der Waals surface area contributed by atoms with E-state index in [1.807, 2.05) is 109 Å². The lowest BCUT2D eigenvalue weighted by molar-refractivity contribution is 0.626. The molecule has 6 nitrogen and oxygen atoms in total. The SMILES string of the molecule is Fc1ccnc(-c2cc(-c3cccc(-c4ccccn4)n3)cc(-c3cccc(-c4cccc(-c5ccccn5)n4)n3)c2)c1. The number of aromatic nitrogens is 6. The molecule has 0 spiro atoms. The monoisotopic (exact) mass is 558 g/mol. The van der Waals surface area contributed by atoms with Gasteiger partial charge in [0.05, 0.1) is 51.2 Å². The maximum absolute atomic E-state index is 14.3. The minimum absolute atomic E-state index is 0.355. The number of halogens is 1. The molecule has 0 fully saturated rings. The van der Waals surface area contributed by atoms with Gasteiger partial charge < -0.3 is 0 Å². The Kier molecular flexibility index (Phi) is 6.95. The van der Waals surface area contributed by atoms with E-state index in [9.17, 15) is 4.39 Å². The molecule has 0 amide bonds. The molecule has 7 rings (SSSR count). The van der Waals surface area contributed by atoms with Crippen molar-refractivity contribution in [2.75, 3.05) is 0 Å². The molecule has 1 aromatic carbocycles. The maximum atomic E-state index is 14.3. The van der Waals surface area contributed by atoms with Crippen LogP contribution in [0.4, 0.5) is 4.39 Å². The minimum atomic E-state index is -0.355. The van der Waals surface area contributed by atoms with E-state index < -0.39 is 0 Å². The fourth-order valence-corrected chi connectivity index (χ4v) is 4.86. The second kappa shape index (κ2) is 11.5. The molecular weight excluding hydrogens is 535 g/mol. The number of pyridine rings is 6. The van der Waals surface area contributed by atoms with Gasteiger partial charge >= 0.3 is 0 Å². The smallest absolute Gasteiger partial charge is 0.126 e. The van der Waals surface area contributed by atoms with Gasteiger partial charge in [0.1, 0.15) is 5.82 Å². The lowest BCUT2D eigenvalue weighted by Gasteiger charge is -2.12. The molecule has 0 N–H and O–H groups in total. The predicted octanol–water partition coefficient (Wildman–Crippen LogP) is 8.20. The standard InChI is InChI=1S/C36H23FN6/c37-27-16-19-40-36(23-27)26-21-24(28-10-5-12-32(41-28)30-8-1-3-17-38-30)20-25(22-26)29-11-6-14-34(42-29)35-15-7-13-33(43-35)31-9-2-4-18-39-31/h1-23H. The average molecular weight is 559 g/mol. The summed E-state index contributed by atoms with van der Waals surface area (Å²) >= 11 is 0. The average Bonchev–Trinajstić information content (AvgIpc) is 3.09. The maximum Gasteiger partial charge on any atom is 0.126 e. The van der Waals surface area contributed by atoms with Crippen LogP contribution in [0.5, 0.6) is 0 Å². The van der Waals surface area contributed by atoms with Gasteiger partial charge in [-0.15, -0.1) is 0 Å². The number of hydrogen-bond acceptors (Lipinski definition) is 6. The summed E-state index contributed by atoms with van der Waals surface area (Å²) in [4.78, 5) is 28.1. The Labute approximate surface area is 247 Å². The summed E-state index contributed by atoms with van der Waals surface area (Å²) in [7, 11) is 0. The van der Waals surface area contributed by atoms with Crippen molar-refractivity contribution in [3.63, 3.8) is 0 Å². The zero-order valence-corrected chi connectivity index (χ0v) is 22.8. The molecule has 0 bridgehead atoms. The van der Waals surface area contributed by atoms with Crippen LogP contribution in [0.1, 0.15) is 0 Å². The van der Waals surface area contributed by atoms with Crippen LogP contribution in [0.3, 0.4) is 0 Å². The van der Waals surface area contributed by atoms with E-state index in [2.05, 4.69) is 15.0 Å². The molecule has 7 aromatic rings. The zero-order valence-electron chi connectivity index (χ0n) is 22.8. The van der Waals surface area contributed by atoms with Crippen molar-refractivity contribution in [1.29, 1.82) is 0 Å².